The Hall–Kier alpha value is -1.31. The molecule has 0 aliphatic rings. The van der Waals surface area contributed by atoms with Gasteiger partial charge in [-0.1, -0.05) is 58.4 Å². The highest BCUT2D eigenvalue weighted by atomic mass is 16.1. The van der Waals surface area contributed by atoms with E-state index in [1.165, 1.54) is 11.1 Å². The molecule has 1 amide bonds. The van der Waals surface area contributed by atoms with Crippen LogP contribution in [0.1, 0.15) is 64.0 Å². The Labute approximate surface area is 117 Å². The van der Waals surface area contributed by atoms with Crippen molar-refractivity contribution in [3.05, 3.63) is 35.4 Å². The maximum Gasteiger partial charge on any atom is 0.220 e. The fourth-order valence-corrected chi connectivity index (χ4v) is 2.32. The van der Waals surface area contributed by atoms with Gasteiger partial charge in [0.1, 0.15) is 0 Å². The van der Waals surface area contributed by atoms with Gasteiger partial charge in [0, 0.05) is 13.5 Å². The molecular formula is C17H27NO. The van der Waals surface area contributed by atoms with E-state index >= 15 is 0 Å². The first-order valence-electron chi connectivity index (χ1n) is 7.19. The Morgan fingerprint density at radius 1 is 1.21 bits per heavy atom. The summed E-state index contributed by atoms with van der Waals surface area (Å²) in [6, 6.07) is 8.76. The van der Waals surface area contributed by atoms with Gasteiger partial charge in [0.2, 0.25) is 5.91 Å². The van der Waals surface area contributed by atoms with Crippen molar-refractivity contribution < 1.29 is 4.79 Å². The summed E-state index contributed by atoms with van der Waals surface area (Å²) in [5.41, 5.74) is 2.80. The van der Waals surface area contributed by atoms with E-state index in [2.05, 4.69) is 57.3 Å². The molecule has 19 heavy (non-hydrogen) atoms. The number of nitrogens with one attached hydrogen (secondary N) is 1. The van der Waals surface area contributed by atoms with Gasteiger partial charge in [-0.2, -0.15) is 0 Å². The zero-order valence-corrected chi connectivity index (χ0v) is 12.9. The van der Waals surface area contributed by atoms with Gasteiger partial charge in [0.05, 0.1) is 0 Å². The molecule has 1 aromatic rings. The predicted molar refractivity (Wildman–Crippen MR) is 81.5 cm³/mol. The van der Waals surface area contributed by atoms with Crippen LogP contribution in [0, 0.1) is 0 Å². The molecule has 0 aromatic heterocycles. The van der Waals surface area contributed by atoms with Gasteiger partial charge in [0.15, 0.2) is 0 Å². The summed E-state index contributed by atoms with van der Waals surface area (Å²) in [4.78, 5) is 11.6. The average Bonchev–Trinajstić information content (AvgIpc) is 2.37. The van der Waals surface area contributed by atoms with Crippen LogP contribution in [-0.4, -0.2) is 13.0 Å². The fraction of sp³-hybridized carbons (Fsp3) is 0.588. The molecule has 0 aliphatic heterocycles. The molecule has 0 fully saturated rings. The molecule has 0 saturated heterocycles. The van der Waals surface area contributed by atoms with E-state index in [1.54, 1.807) is 7.05 Å². The third-order valence-electron chi connectivity index (χ3n) is 3.60. The molecule has 2 nitrogen and oxygen atoms in total. The summed E-state index contributed by atoms with van der Waals surface area (Å²) in [5.74, 6) is 0.456. The van der Waals surface area contributed by atoms with E-state index in [0.717, 1.165) is 12.8 Å². The maximum atomic E-state index is 11.6. The quantitative estimate of drug-likeness (QED) is 0.852. The minimum Gasteiger partial charge on any atom is -0.359 e. The standard InChI is InChI=1S/C17H27NO/c1-6-7-14(12-16(19)18-5)13-8-10-15(11-9-13)17(2,3)4/h8-11,14H,6-7,12H2,1-5H3,(H,18,19). The number of hydrogen-bond donors (Lipinski definition) is 1. The third-order valence-corrected chi connectivity index (χ3v) is 3.60. The minimum absolute atomic E-state index is 0.123. The molecule has 0 saturated carbocycles. The summed E-state index contributed by atoms with van der Waals surface area (Å²) >= 11 is 0. The lowest BCUT2D eigenvalue weighted by atomic mass is 9.84. The minimum atomic E-state index is 0.123. The Bertz CT molecular complexity index is 400. The number of rotatable bonds is 5. The summed E-state index contributed by atoms with van der Waals surface area (Å²) in [6.07, 6.45) is 2.74. The van der Waals surface area contributed by atoms with Crippen LogP contribution in [0.5, 0.6) is 0 Å². The second kappa shape index (κ2) is 6.74. The molecule has 106 valence electrons. The van der Waals surface area contributed by atoms with Gasteiger partial charge in [-0.3, -0.25) is 4.79 Å². The van der Waals surface area contributed by atoms with Crippen LogP contribution < -0.4 is 5.32 Å². The lowest BCUT2D eigenvalue weighted by Crippen LogP contribution is -2.20. The third kappa shape index (κ3) is 4.70. The summed E-state index contributed by atoms with van der Waals surface area (Å²) < 4.78 is 0. The van der Waals surface area contributed by atoms with Gasteiger partial charge in [-0.15, -0.1) is 0 Å². The van der Waals surface area contributed by atoms with Gasteiger partial charge in [-0.05, 0) is 28.9 Å². The zero-order valence-electron chi connectivity index (χ0n) is 12.9. The first-order valence-corrected chi connectivity index (χ1v) is 7.19. The van der Waals surface area contributed by atoms with Crippen molar-refractivity contribution in [2.45, 2.75) is 58.3 Å². The molecule has 0 aliphatic carbocycles. The Morgan fingerprint density at radius 3 is 2.21 bits per heavy atom. The molecule has 1 N–H and O–H groups in total. The second-order valence-electron chi connectivity index (χ2n) is 6.23. The van der Waals surface area contributed by atoms with E-state index in [-0.39, 0.29) is 11.3 Å². The highest BCUT2D eigenvalue weighted by Gasteiger charge is 2.17. The van der Waals surface area contributed by atoms with Crippen LogP contribution in [0.15, 0.2) is 24.3 Å². The van der Waals surface area contributed by atoms with Crippen molar-refractivity contribution in [3.63, 3.8) is 0 Å². The number of benzene rings is 1. The second-order valence-corrected chi connectivity index (χ2v) is 6.23. The molecule has 0 radical (unpaired) electrons. The van der Waals surface area contributed by atoms with Crippen LogP contribution in [0.25, 0.3) is 0 Å². The van der Waals surface area contributed by atoms with E-state index in [0.29, 0.717) is 12.3 Å². The van der Waals surface area contributed by atoms with Crippen molar-refractivity contribution in [2.75, 3.05) is 7.05 Å². The van der Waals surface area contributed by atoms with E-state index in [1.807, 2.05) is 0 Å². The van der Waals surface area contributed by atoms with Crippen LogP contribution in [0.3, 0.4) is 0 Å². The van der Waals surface area contributed by atoms with Crippen LogP contribution >= 0.6 is 0 Å². The lowest BCUT2D eigenvalue weighted by molar-refractivity contribution is -0.121. The number of carbonyl (C=O) groups excluding carboxylic acids is 1. The molecule has 0 spiro atoms. The summed E-state index contributed by atoms with van der Waals surface area (Å²) in [6.45, 7) is 8.82. The van der Waals surface area contributed by atoms with Crippen molar-refractivity contribution >= 4 is 5.91 Å². The van der Waals surface area contributed by atoms with Crippen LogP contribution in [0.2, 0.25) is 0 Å². The number of hydrogen-bond acceptors (Lipinski definition) is 1. The van der Waals surface area contributed by atoms with Crippen LogP contribution in [0.4, 0.5) is 0 Å². The Morgan fingerprint density at radius 2 is 1.79 bits per heavy atom. The summed E-state index contributed by atoms with van der Waals surface area (Å²) in [5, 5.41) is 2.72. The van der Waals surface area contributed by atoms with Crippen molar-refractivity contribution in [1.82, 2.24) is 5.32 Å². The molecule has 1 rings (SSSR count). The van der Waals surface area contributed by atoms with E-state index < -0.39 is 0 Å². The van der Waals surface area contributed by atoms with Gasteiger partial charge in [0.25, 0.3) is 0 Å². The van der Waals surface area contributed by atoms with Gasteiger partial charge in [-0.25, -0.2) is 0 Å². The monoisotopic (exact) mass is 261 g/mol. The smallest absolute Gasteiger partial charge is 0.220 e. The zero-order chi connectivity index (χ0) is 14.5. The highest BCUT2D eigenvalue weighted by Crippen LogP contribution is 2.28. The largest absolute Gasteiger partial charge is 0.359 e. The first kappa shape index (κ1) is 15.7. The fourth-order valence-electron chi connectivity index (χ4n) is 2.32. The lowest BCUT2D eigenvalue weighted by Gasteiger charge is -2.21. The van der Waals surface area contributed by atoms with Crippen LogP contribution in [-0.2, 0) is 10.2 Å². The molecule has 0 heterocycles. The summed E-state index contributed by atoms with van der Waals surface area (Å²) in [7, 11) is 1.70. The SMILES string of the molecule is CCCC(CC(=O)NC)c1ccc(C(C)(C)C)cc1. The molecule has 1 aromatic carbocycles. The van der Waals surface area contributed by atoms with E-state index in [4.69, 9.17) is 0 Å². The highest BCUT2D eigenvalue weighted by molar-refractivity contribution is 5.76. The molecular weight excluding hydrogens is 234 g/mol. The topological polar surface area (TPSA) is 29.1 Å². The molecule has 2 heteroatoms. The van der Waals surface area contributed by atoms with E-state index in [9.17, 15) is 4.79 Å². The van der Waals surface area contributed by atoms with Gasteiger partial charge >= 0.3 is 0 Å². The maximum absolute atomic E-state index is 11.6. The Kier molecular flexibility index (Phi) is 5.59. The number of amides is 1. The Balaban J connectivity index is 2.88. The average molecular weight is 261 g/mol. The van der Waals surface area contributed by atoms with Crippen molar-refractivity contribution in [2.24, 2.45) is 0 Å². The van der Waals surface area contributed by atoms with Crippen molar-refractivity contribution in [1.29, 1.82) is 0 Å². The molecule has 1 unspecified atom stereocenters. The van der Waals surface area contributed by atoms with Gasteiger partial charge < -0.3 is 5.32 Å². The molecule has 0 bridgehead atoms. The molecule has 1 atom stereocenters. The first-order chi connectivity index (χ1) is 8.88. The number of carbonyl (C=O) groups is 1. The normalized spacial score (nSPS) is 13.1. The predicted octanol–water partition coefficient (Wildman–Crippen LogP) is 4.00. The van der Waals surface area contributed by atoms with Crippen molar-refractivity contribution in [3.8, 4) is 0 Å².